The van der Waals surface area contributed by atoms with Crippen molar-refractivity contribution >= 4 is 17.3 Å². The Balaban J connectivity index is 1.79. The summed E-state index contributed by atoms with van der Waals surface area (Å²) in [4.78, 5) is 13.5. The van der Waals surface area contributed by atoms with Crippen LogP contribution < -0.4 is 10.6 Å². The fourth-order valence-electron chi connectivity index (χ4n) is 3.72. The Bertz CT molecular complexity index is 511. The van der Waals surface area contributed by atoms with Crippen LogP contribution in [0.1, 0.15) is 48.9 Å². The Labute approximate surface area is 119 Å². The highest BCUT2D eigenvalue weighted by Gasteiger charge is 2.43. The van der Waals surface area contributed by atoms with Crippen LogP contribution in [0.25, 0.3) is 0 Å². The molecule has 1 aliphatic carbocycles. The molecular formula is C16H22N2O2. The Kier molecular flexibility index (Phi) is 3.32. The van der Waals surface area contributed by atoms with Crippen molar-refractivity contribution in [1.82, 2.24) is 0 Å². The van der Waals surface area contributed by atoms with Gasteiger partial charge in [0.2, 0.25) is 0 Å². The predicted octanol–water partition coefficient (Wildman–Crippen LogP) is 3.13. The third-order valence-corrected chi connectivity index (χ3v) is 4.81. The van der Waals surface area contributed by atoms with Crippen LogP contribution in [-0.2, 0) is 0 Å². The summed E-state index contributed by atoms with van der Waals surface area (Å²) >= 11 is 0. The molecule has 0 aromatic heterocycles. The van der Waals surface area contributed by atoms with Crippen LogP contribution in [0.3, 0.4) is 0 Å². The molecule has 1 heterocycles. The molecule has 4 nitrogen and oxygen atoms in total. The van der Waals surface area contributed by atoms with Crippen LogP contribution in [0, 0.1) is 5.41 Å². The van der Waals surface area contributed by atoms with Crippen LogP contribution >= 0.6 is 0 Å². The number of carboxylic acid groups (broad SMARTS) is 1. The van der Waals surface area contributed by atoms with Gasteiger partial charge in [-0.15, -0.1) is 0 Å². The number of hydrogen-bond acceptors (Lipinski definition) is 3. The largest absolute Gasteiger partial charge is 0.478 e. The third-order valence-electron chi connectivity index (χ3n) is 4.81. The van der Waals surface area contributed by atoms with Crippen molar-refractivity contribution < 1.29 is 9.90 Å². The molecule has 1 aliphatic heterocycles. The van der Waals surface area contributed by atoms with E-state index in [-0.39, 0.29) is 0 Å². The second-order valence-corrected chi connectivity index (χ2v) is 6.35. The third kappa shape index (κ3) is 2.35. The van der Waals surface area contributed by atoms with Crippen molar-refractivity contribution in [3.8, 4) is 0 Å². The lowest BCUT2D eigenvalue weighted by atomic mass is 9.73. The molecule has 108 valence electrons. The summed E-state index contributed by atoms with van der Waals surface area (Å²) in [5.74, 6) is -0.873. The summed E-state index contributed by atoms with van der Waals surface area (Å²) in [6, 6.07) is 5.08. The molecule has 0 atom stereocenters. The molecule has 1 spiro atoms. The number of aromatic carboxylic acids is 1. The molecule has 3 N–H and O–H groups in total. The van der Waals surface area contributed by atoms with Crippen molar-refractivity contribution in [2.45, 2.75) is 38.5 Å². The van der Waals surface area contributed by atoms with Crippen LogP contribution in [-0.4, -0.2) is 24.2 Å². The smallest absolute Gasteiger partial charge is 0.337 e. The summed E-state index contributed by atoms with van der Waals surface area (Å²) in [5.41, 5.74) is 8.03. The SMILES string of the molecule is Nc1ccc(C(=O)O)c(N2CC3(CCCCCC3)C2)c1. The molecule has 20 heavy (non-hydrogen) atoms. The molecule has 1 saturated carbocycles. The highest BCUT2D eigenvalue weighted by molar-refractivity contribution is 5.95. The predicted molar refractivity (Wildman–Crippen MR) is 80.2 cm³/mol. The average Bonchev–Trinajstić information content (AvgIpc) is 2.62. The average molecular weight is 274 g/mol. The first-order valence-electron chi connectivity index (χ1n) is 7.47. The molecule has 0 unspecified atom stereocenters. The fourth-order valence-corrected chi connectivity index (χ4v) is 3.72. The van der Waals surface area contributed by atoms with Gasteiger partial charge in [-0.05, 0) is 31.0 Å². The number of rotatable bonds is 2. The van der Waals surface area contributed by atoms with E-state index in [0.717, 1.165) is 18.8 Å². The lowest BCUT2D eigenvalue weighted by molar-refractivity contribution is 0.0696. The molecule has 0 bridgehead atoms. The van der Waals surface area contributed by atoms with Gasteiger partial charge in [-0.1, -0.05) is 25.7 Å². The first-order valence-corrected chi connectivity index (χ1v) is 7.47. The van der Waals surface area contributed by atoms with E-state index in [1.165, 1.54) is 38.5 Å². The number of nitrogens with two attached hydrogens (primary N) is 1. The van der Waals surface area contributed by atoms with Gasteiger partial charge in [-0.25, -0.2) is 4.79 Å². The highest BCUT2D eigenvalue weighted by atomic mass is 16.4. The van der Waals surface area contributed by atoms with E-state index in [1.54, 1.807) is 18.2 Å². The van der Waals surface area contributed by atoms with E-state index >= 15 is 0 Å². The van der Waals surface area contributed by atoms with E-state index in [0.29, 0.717) is 16.7 Å². The molecule has 2 fully saturated rings. The van der Waals surface area contributed by atoms with E-state index in [2.05, 4.69) is 4.90 Å². The maximum absolute atomic E-state index is 11.3. The van der Waals surface area contributed by atoms with Gasteiger partial charge >= 0.3 is 5.97 Å². The van der Waals surface area contributed by atoms with Gasteiger partial charge in [0.25, 0.3) is 0 Å². The van der Waals surface area contributed by atoms with Gasteiger partial charge in [-0.3, -0.25) is 0 Å². The zero-order chi connectivity index (χ0) is 14.2. The first kappa shape index (κ1) is 13.3. The maximum Gasteiger partial charge on any atom is 0.337 e. The molecule has 1 aromatic carbocycles. The minimum Gasteiger partial charge on any atom is -0.478 e. The quantitative estimate of drug-likeness (QED) is 0.813. The number of hydrogen-bond donors (Lipinski definition) is 2. The standard InChI is InChI=1S/C16H22N2O2/c17-12-5-6-13(15(19)20)14(9-12)18-10-16(11-18)7-3-1-2-4-8-16/h5-6,9H,1-4,7-8,10-11,17H2,(H,19,20). The van der Waals surface area contributed by atoms with Crippen LogP contribution in [0.5, 0.6) is 0 Å². The zero-order valence-corrected chi connectivity index (χ0v) is 11.8. The number of nitrogens with zero attached hydrogens (tertiary/aromatic N) is 1. The van der Waals surface area contributed by atoms with Crippen LogP contribution in [0.4, 0.5) is 11.4 Å². The molecule has 0 radical (unpaired) electrons. The summed E-state index contributed by atoms with van der Waals surface area (Å²) in [7, 11) is 0. The maximum atomic E-state index is 11.3. The minimum atomic E-state index is -0.873. The summed E-state index contributed by atoms with van der Waals surface area (Å²) in [6.45, 7) is 1.97. The van der Waals surface area contributed by atoms with Gasteiger partial charge in [0.15, 0.2) is 0 Å². The van der Waals surface area contributed by atoms with Crippen LogP contribution in [0.15, 0.2) is 18.2 Å². The molecule has 4 heteroatoms. The second-order valence-electron chi connectivity index (χ2n) is 6.35. The Morgan fingerprint density at radius 2 is 1.80 bits per heavy atom. The van der Waals surface area contributed by atoms with Gasteiger partial charge in [0.05, 0.1) is 11.3 Å². The number of benzene rings is 1. The van der Waals surface area contributed by atoms with E-state index in [9.17, 15) is 9.90 Å². The molecule has 1 saturated heterocycles. The molecule has 3 rings (SSSR count). The van der Waals surface area contributed by atoms with Crippen molar-refractivity contribution in [2.24, 2.45) is 5.41 Å². The molecule has 0 amide bonds. The Morgan fingerprint density at radius 3 is 2.40 bits per heavy atom. The topological polar surface area (TPSA) is 66.6 Å². The number of anilines is 2. The number of nitrogen functional groups attached to an aromatic ring is 1. The van der Waals surface area contributed by atoms with E-state index < -0.39 is 5.97 Å². The van der Waals surface area contributed by atoms with Gasteiger partial charge in [0.1, 0.15) is 0 Å². The molecule has 1 aromatic rings. The highest BCUT2D eigenvalue weighted by Crippen LogP contribution is 2.45. The van der Waals surface area contributed by atoms with Crippen molar-refractivity contribution in [3.63, 3.8) is 0 Å². The summed E-state index contributed by atoms with van der Waals surface area (Å²) in [6.07, 6.45) is 7.90. The lowest BCUT2D eigenvalue weighted by Gasteiger charge is -2.52. The summed E-state index contributed by atoms with van der Waals surface area (Å²) < 4.78 is 0. The second kappa shape index (κ2) is 5.00. The van der Waals surface area contributed by atoms with Crippen LogP contribution in [0.2, 0.25) is 0 Å². The van der Waals surface area contributed by atoms with Gasteiger partial charge < -0.3 is 15.7 Å². The van der Waals surface area contributed by atoms with Crippen molar-refractivity contribution in [2.75, 3.05) is 23.7 Å². The normalized spacial score (nSPS) is 21.3. The van der Waals surface area contributed by atoms with Gasteiger partial charge in [-0.2, -0.15) is 0 Å². The van der Waals surface area contributed by atoms with Crippen molar-refractivity contribution in [3.05, 3.63) is 23.8 Å². The van der Waals surface area contributed by atoms with Crippen molar-refractivity contribution in [1.29, 1.82) is 0 Å². The Morgan fingerprint density at radius 1 is 1.15 bits per heavy atom. The lowest BCUT2D eigenvalue weighted by Crippen LogP contribution is -2.56. The van der Waals surface area contributed by atoms with E-state index in [4.69, 9.17) is 5.73 Å². The monoisotopic (exact) mass is 274 g/mol. The van der Waals surface area contributed by atoms with Gasteiger partial charge in [0, 0.05) is 24.2 Å². The molecular weight excluding hydrogens is 252 g/mol. The summed E-state index contributed by atoms with van der Waals surface area (Å²) in [5, 5.41) is 9.30. The number of carboxylic acids is 1. The van der Waals surface area contributed by atoms with E-state index in [1.807, 2.05) is 0 Å². The number of carbonyl (C=O) groups is 1. The minimum absolute atomic E-state index is 0.364. The first-order chi connectivity index (χ1) is 9.60. The zero-order valence-electron chi connectivity index (χ0n) is 11.8. The Hall–Kier alpha value is -1.71. The fraction of sp³-hybridized carbons (Fsp3) is 0.562. The molecule has 2 aliphatic rings.